The van der Waals surface area contributed by atoms with E-state index in [0.717, 1.165) is 0 Å². The lowest BCUT2D eigenvalue weighted by atomic mass is 10.2. The number of benzene rings is 1. The molecule has 0 unspecified atom stereocenters. The number of H-pyrrole nitrogens is 1. The molecule has 7 heteroatoms. The van der Waals surface area contributed by atoms with E-state index in [1.165, 1.54) is 12.4 Å². The van der Waals surface area contributed by atoms with Crippen LogP contribution in [0.2, 0.25) is 0 Å². The van der Waals surface area contributed by atoms with Gasteiger partial charge in [0.2, 0.25) is 0 Å². The summed E-state index contributed by atoms with van der Waals surface area (Å²) in [7, 11) is 0. The minimum atomic E-state index is -0.366. The Hall–Kier alpha value is -2.02. The van der Waals surface area contributed by atoms with E-state index in [1.807, 2.05) is 13.8 Å². The molecule has 3 N–H and O–H groups in total. The van der Waals surface area contributed by atoms with Gasteiger partial charge in [-0.25, -0.2) is 14.4 Å². The van der Waals surface area contributed by atoms with Crippen molar-refractivity contribution in [2.24, 2.45) is 15.7 Å². The maximum absolute atomic E-state index is 13.9. The summed E-state index contributed by atoms with van der Waals surface area (Å²) in [6, 6.07) is 4.84. The van der Waals surface area contributed by atoms with Crippen molar-refractivity contribution in [2.75, 3.05) is 0 Å². The molecule has 0 amide bonds. The molecule has 0 saturated heterocycles. The second kappa shape index (κ2) is 6.62. The Labute approximate surface area is 130 Å². The average molecular weight is 352 g/mol. The zero-order valence-corrected chi connectivity index (χ0v) is 13.2. The number of aliphatic imine (C=N–C) groups is 2. The lowest BCUT2D eigenvalue weighted by Gasteiger charge is -2.02. The number of nitrogens with two attached hydrogens (primary N) is 1. The molecule has 1 aromatic carbocycles. The highest BCUT2D eigenvalue weighted by atomic mass is 79.9. The zero-order valence-electron chi connectivity index (χ0n) is 11.6. The Kier molecular flexibility index (Phi) is 4.85. The molecule has 0 saturated carbocycles. The summed E-state index contributed by atoms with van der Waals surface area (Å²) in [5.41, 5.74) is 6.29. The van der Waals surface area contributed by atoms with Crippen LogP contribution in [0.5, 0.6) is 0 Å². The summed E-state index contributed by atoms with van der Waals surface area (Å²) in [5.74, 6) is 0.484. The molecule has 0 aliphatic carbocycles. The molecule has 1 heterocycles. The van der Waals surface area contributed by atoms with Crippen molar-refractivity contribution in [3.05, 3.63) is 40.4 Å². The summed E-state index contributed by atoms with van der Waals surface area (Å²) in [5, 5.41) is 0. The molecule has 1 aromatic heterocycles. The number of halogens is 2. The maximum Gasteiger partial charge on any atom is 0.174 e. The van der Waals surface area contributed by atoms with E-state index in [1.54, 1.807) is 18.3 Å². The summed E-state index contributed by atoms with van der Waals surface area (Å²) in [6.07, 6.45) is 2.73. The third kappa shape index (κ3) is 3.75. The number of rotatable bonds is 3. The summed E-state index contributed by atoms with van der Waals surface area (Å²) < 4.78 is 14.6. The van der Waals surface area contributed by atoms with E-state index < -0.39 is 0 Å². The van der Waals surface area contributed by atoms with Crippen molar-refractivity contribution in [2.45, 2.75) is 19.9 Å². The predicted molar refractivity (Wildman–Crippen MR) is 86.0 cm³/mol. The van der Waals surface area contributed by atoms with Gasteiger partial charge in [0.05, 0.1) is 18.1 Å². The van der Waals surface area contributed by atoms with Crippen molar-refractivity contribution < 1.29 is 4.39 Å². The average Bonchev–Trinajstić information content (AvgIpc) is 2.87. The van der Waals surface area contributed by atoms with Gasteiger partial charge in [-0.15, -0.1) is 0 Å². The third-order valence-corrected chi connectivity index (χ3v) is 3.07. The Bertz CT molecular complexity index is 690. The molecule has 0 fully saturated rings. The van der Waals surface area contributed by atoms with Gasteiger partial charge in [0, 0.05) is 10.5 Å². The van der Waals surface area contributed by atoms with Crippen LogP contribution >= 0.6 is 15.9 Å². The minimum absolute atomic E-state index is 0.0554. The molecule has 0 atom stereocenters. The fourth-order valence-corrected chi connectivity index (χ4v) is 2.07. The van der Waals surface area contributed by atoms with E-state index in [0.29, 0.717) is 27.4 Å². The quantitative estimate of drug-likeness (QED) is 0.658. The maximum atomic E-state index is 13.9. The molecule has 0 radical (unpaired) electrons. The van der Waals surface area contributed by atoms with Crippen LogP contribution in [0.1, 0.15) is 19.5 Å². The standard InChI is InChI=1S/C14H15BrFN5/c1-8(2)20-14(19-7-17)12-6-18-13(21-12)10-4-3-9(15)5-11(10)16/h3-8H,1-2H3,(H,18,21)(H2,17,19,20). The number of hydrogen-bond acceptors (Lipinski definition) is 2. The molecule has 0 bridgehead atoms. The first-order valence-corrected chi connectivity index (χ1v) is 7.13. The van der Waals surface area contributed by atoms with Gasteiger partial charge >= 0.3 is 0 Å². The normalized spacial score (nSPS) is 12.5. The van der Waals surface area contributed by atoms with E-state index in [2.05, 4.69) is 35.9 Å². The van der Waals surface area contributed by atoms with Gasteiger partial charge in [-0.1, -0.05) is 15.9 Å². The lowest BCUT2D eigenvalue weighted by Crippen LogP contribution is -2.05. The highest BCUT2D eigenvalue weighted by Crippen LogP contribution is 2.23. The van der Waals surface area contributed by atoms with Crippen molar-refractivity contribution >= 4 is 28.1 Å². The van der Waals surface area contributed by atoms with Gasteiger partial charge in [-0.05, 0) is 32.0 Å². The van der Waals surface area contributed by atoms with Crippen molar-refractivity contribution in [1.29, 1.82) is 0 Å². The first-order valence-electron chi connectivity index (χ1n) is 6.34. The molecule has 2 rings (SSSR count). The Morgan fingerprint density at radius 3 is 2.86 bits per heavy atom. The van der Waals surface area contributed by atoms with Crippen LogP contribution in [0.25, 0.3) is 11.4 Å². The highest BCUT2D eigenvalue weighted by Gasteiger charge is 2.12. The van der Waals surface area contributed by atoms with Crippen molar-refractivity contribution in [1.82, 2.24) is 9.97 Å². The van der Waals surface area contributed by atoms with Gasteiger partial charge in [-0.2, -0.15) is 0 Å². The van der Waals surface area contributed by atoms with E-state index >= 15 is 0 Å². The second-order valence-electron chi connectivity index (χ2n) is 4.59. The van der Waals surface area contributed by atoms with Crippen LogP contribution in [0.4, 0.5) is 4.39 Å². The van der Waals surface area contributed by atoms with Crippen molar-refractivity contribution in [3.63, 3.8) is 0 Å². The molecule has 5 nitrogen and oxygen atoms in total. The van der Waals surface area contributed by atoms with E-state index in [4.69, 9.17) is 5.73 Å². The van der Waals surface area contributed by atoms with Crippen LogP contribution in [0, 0.1) is 5.82 Å². The second-order valence-corrected chi connectivity index (χ2v) is 5.51. The number of nitrogens with zero attached hydrogens (tertiary/aromatic N) is 3. The molecule has 0 aliphatic rings. The van der Waals surface area contributed by atoms with Gasteiger partial charge in [0.25, 0.3) is 0 Å². The number of nitrogens with one attached hydrogen (secondary N) is 1. The van der Waals surface area contributed by atoms with Crippen molar-refractivity contribution in [3.8, 4) is 11.4 Å². The highest BCUT2D eigenvalue weighted by molar-refractivity contribution is 9.10. The van der Waals surface area contributed by atoms with Gasteiger partial charge < -0.3 is 10.7 Å². The molecule has 2 aromatic rings. The van der Waals surface area contributed by atoms with Crippen LogP contribution < -0.4 is 5.73 Å². The SMILES string of the molecule is CC(C)N=C(N=CN)c1cnc(-c2ccc(Br)cc2F)[nH]1. The largest absolute Gasteiger partial charge is 0.390 e. The minimum Gasteiger partial charge on any atom is -0.390 e. The van der Waals surface area contributed by atoms with E-state index in [9.17, 15) is 4.39 Å². The first-order chi connectivity index (χ1) is 10.0. The number of imidazole rings is 1. The van der Waals surface area contributed by atoms with Gasteiger partial charge in [-0.3, -0.25) is 4.99 Å². The van der Waals surface area contributed by atoms with E-state index in [-0.39, 0.29) is 11.9 Å². The molecular formula is C14H15BrFN5. The number of aromatic nitrogens is 2. The monoisotopic (exact) mass is 351 g/mol. The van der Waals surface area contributed by atoms with Crippen LogP contribution in [0.15, 0.2) is 38.9 Å². The predicted octanol–water partition coefficient (Wildman–Crippen LogP) is 3.12. The summed E-state index contributed by atoms with van der Waals surface area (Å²) in [4.78, 5) is 15.5. The zero-order chi connectivity index (χ0) is 15.4. The molecular weight excluding hydrogens is 337 g/mol. The summed E-state index contributed by atoms with van der Waals surface area (Å²) >= 11 is 3.22. The van der Waals surface area contributed by atoms with Crippen LogP contribution in [-0.2, 0) is 0 Å². The molecule has 21 heavy (non-hydrogen) atoms. The number of aromatic amines is 1. The fourth-order valence-electron chi connectivity index (χ4n) is 1.74. The Morgan fingerprint density at radius 2 is 2.24 bits per heavy atom. The first kappa shape index (κ1) is 15.4. The number of hydrogen-bond donors (Lipinski definition) is 2. The Balaban J connectivity index is 2.41. The molecule has 0 spiro atoms. The lowest BCUT2D eigenvalue weighted by molar-refractivity contribution is 0.629. The van der Waals surface area contributed by atoms with Gasteiger partial charge in [0.15, 0.2) is 5.84 Å². The third-order valence-electron chi connectivity index (χ3n) is 2.58. The smallest absolute Gasteiger partial charge is 0.174 e. The Morgan fingerprint density at radius 1 is 1.48 bits per heavy atom. The van der Waals surface area contributed by atoms with Gasteiger partial charge in [0.1, 0.15) is 17.3 Å². The van der Waals surface area contributed by atoms with Crippen LogP contribution in [-0.4, -0.2) is 28.2 Å². The topological polar surface area (TPSA) is 79.4 Å². The summed E-state index contributed by atoms with van der Waals surface area (Å²) in [6.45, 7) is 3.86. The number of amidine groups is 1. The molecule has 110 valence electrons. The fraction of sp³-hybridized carbons (Fsp3) is 0.214. The molecule has 0 aliphatic heterocycles. The van der Waals surface area contributed by atoms with Crippen LogP contribution in [0.3, 0.4) is 0 Å².